The fraction of sp³-hybridized carbons (Fsp3) is 0.115. The van der Waals surface area contributed by atoms with Crippen molar-refractivity contribution in [3.63, 3.8) is 0 Å². The standard InChI is InChI=1S/C26H24N4O2/c1-30(27-18-21-14-15-22(31-2)16-25(21)32-3)26-28-23(19-10-6-4-7-11-19)17-24(29-26)20-12-8-5-9-13-20/h4-18H,1-3H3/b27-18-. The molecule has 0 aliphatic carbocycles. The first-order chi connectivity index (χ1) is 15.7. The first-order valence-electron chi connectivity index (χ1n) is 10.2. The topological polar surface area (TPSA) is 59.8 Å². The Morgan fingerprint density at radius 1 is 0.750 bits per heavy atom. The van der Waals surface area contributed by atoms with Gasteiger partial charge in [0.15, 0.2) is 0 Å². The van der Waals surface area contributed by atoms with Crippen molar-refractivity contribution >= 4 is 12.2 Å². The zero-order valence-electron chi connectivity index (χ0n) is 18.3. The maximum Gasteiger partial charge on any atom is 0.247 e. The predicted molar refractivity (Wildman–Crippen MR) is 128 cm³/mol. The molecule has 160 valence electrons. The van der Waals surface area contributed by atoms with Crippen molar-refractivity contribution in [2.24, 2.45) is 5.10 Å². The molecule has 0 spiro atoms. The number of hydrogen-bond acceptors (Lipinski definition) is 6. The fourth-order valence-corrected chi connectivity index (χ4v) is 3.22. The van der Waals surface area contributed by atoms with E-state index in [0.29, 0.717) is 11.7 Å². The van der Waals surface area contributed by atoms with Crippen molar-refractivity contribution in [2.45, 2.75) is 0 Å². The maximum atomic E-state index is 5.46. The zero-order chi connectivity index (χ0) is 22.3. The molecule has 6 heteroatoms. The van der Waals surface area contributed by atoms with Crippen LogP contribution in [-0.4, -0.2) is 37.4 Å². The third-order valence-corrected chi connectivity index (χ3v) is 4.95. The summed E-state index contributed by atoms with van der Waals surface area (Å²) in [6, 6.07) is 27.7. The van der Waals surface area contributed by atoms with Crippen LogP contribution >= 0.6 is 0 Å². The summed E-state index contributed by atoms with van der Waals surface area (Å²) in [5, 5.41) is 6.22. The molecule has 3 aromatic carbocycles. The van der Waals surface area contributed by atoms with Crippen molar-refractivity contribution in [1.29, 1.82) is 0 Å². The van der Waals surface area contributed by atoms with Crippen LogP contribution in [0.4, 0.5) is 5.95 Å². The molecule has 0 unspecified atom stereocenters. The van der Waals surface area contributed by atoms with Crippen LogP contribution in [0.1, 0.15) is 5.56 Å². The van der Waals surface area contributed by atoms with Gasteiger partial charge in [-0.15, -0.1) is 0 Å². The average Bonchev–Trinajstić information content (AvgIpc) is 2.87. The highest BCUT2D eigenvalue weighted by molar-refractivity contribution is 5.84. The lowest BCUT2D eigenvalue weighted by atomic mass is 10.1. The van der Waals surface area contributed by atoms with Gasteiger partial charge in [0.05, 0.1) is 31.8 Å². The molecule has 0 radical (unpaired) electrons. The van der Waals surface area contributed by atoms with Crippen molar-refractivity contribution in [3.8, 4) is 34.0 Å². The molecule has 1 heterocycles. The Balaban J connectivity index is 1.71. The lowest BCUT2D eigenvalue weighted by molar-refractivity contribution is 0.394. The van der Waals surface area contributed by atoms with Gasteiger partial charge in [0.2, 0.25) is 5.95 Å². The highest BCUT2D eigenvalue weighted by Gasteiger charge is 2.12. The number of hydrazone groups is 1. The van der Waals surface area contributed by atoms with Crippen molar-refractivity contribution in [3.05, 3.63) is 90.5 Å². The lowest BCUT2D eigenvalue weighted by Gasteiger charge is -2.14. The van der Waals surface area contributed by atoms with E-state index >= 15 is 0 Å². The summed E-state index contributed by atoms with van der Waals surface area (Å²) in [4.78, 5) is 9.52. The van der Waals surface area contributed by atoms with E-state index in [4.69, 9.17) is 19.4 Å². The van der Waals surface area contributed by atoms with E-state index in [2.05, 4.69) is 5.10 Å². The minimum absolute atomic E-state index is 0.494. The monoisotopic (exact) mass is 424 g/mol. The van der Waals surface area contributed by atoms with E-state index in [1.54, 1.807) is 25.4 Å². The van der Waals surface area contributed by atoms with Gasteiger partial charge in [-0.2, -0.15) is 5.10 Å². The molecular formula is C26H24N4O2. The second kappa shape index (κ2) is 9.75. The fourth-order valence-electron chi connectivity index (χ4n) is 3.22. The van der Waals surface area contributed by atoms with E-state index in [-0.39, 0.29) is 0 Å². The Kier molecular flexibility index (Phi) is 6.41. The number of nitrogens with zero attached hydrogens (tertiary/aromatic N) is 4. The third-order valence-electron chi connectivity index (χ3n) is 4.95. The lowest BCUT2D eigenvalue weighted by Crippen LogP contribution is -2.13. The van der Waals surface area contributed by atoms with Gasteiger partial charge in [-0.25, -0.2) is 15.0 Å². The molecule has 32 heavy (non-hydrogen) atoms. The molecule has 0 amide bonds. The summed E-state index contributed by atoms with van der Waals surface area (Å²) in [6.45, 7) is 0. The number of anilines is 1. The van der Waals surface area contributed by atoms with Crippen LogP contribution in [0.2, 0.25) is 0 Å². The maximum absolute atomic E-state index is 5.46. The normalized spacial score (nSPS) is 10.8. The van der Waals surface area contributed by atoms with Crippen LogP contribution in [0, 0.1) is 0 Å². The molecule has 0 bridgehead atoms. The van der Waals surface area contributed by atoms with E-state index < -0.39 is 0 Å². The molecule has 0 fully saturated rings. The molecule has 0 aliphatic heterocycles. The van der Waals surface area contributed by atoms with Gasteiger partial charge in [0, 0.05) is 29.8 Å². The second-order valence-electron chi connectivity index (χ2n) is 7.05. The van der Waals surface area contributed by atoms with E-state index in [1.807, 2.05) is 92.0 Å². The number of hydrogen-bond donors (Lipinski definition) is 0. The number of methoxy groups -OCH3 is 2. The smallest absolute Gasteiger partial charge is 0.247 e. The third kappa shape index (κ3) is 4.75. The molecule has 1 aromatic heterocycles. The molecule has 6 nitrogen and oxygen atoms in total. The van der Waals surface area contributed by atoms with E-state index in [0.717, 1.165) is 33.8 Å². The SMILES string of the molecule is COc1ccc(/C=N\N(C)c2nc(-c3ccccc3)cc(-c3ccccc3)n2)c(OC)c1. The summed E-state index contributed by atoms with van der Waals surface area (Å²) in [7, 11) is 5.07. The quantitative estimate of drug-likeness (QED) is 0.298. The van der Waals surface area contributed by atoms with Crippen molar-refractivity contribution < 1.29 is 9.47 Å². The summed E-state index contributed by atoms with van der Waals surface area (Å²) < 4.78 is 10.7. The van der Waals surface area contributed by atoms with Crippen LogP contribution in [0.5, 0.6) is 11.5 Å². The molecule has 0 aliphatic rings. The van der Waals surface area contributed by atoms with Gasteiger partial charge >= 0.3 is 0 Å². The largest absolute Gasteiger partial charge is 0.497 e. The number of ether oxygens (including phenoxy) is 2. The van der Waals surface area contributed by atoms with Crippen LogP contribution in [-0.2, 0) is 0 Å². The van der Waals surface area contributed by atoms with Crippen LogP contribution < -0.4 is 14.5 Å². The minimum atomic E-state index is 0.494. The number of aromatic nitrogens is 2. The Labute approximate surface area is 187 Å². The summed E-state index contributed by atoms with van der Waals surface area (Å²) >= 11 is 0. The van der Waals surface area contributed by atoms with Crippen LogP contribution in [0.3, 0.4) is 0 Å². The first kappa shape index (κ1) is 21.1. The molecule has 0 N–H and O–H groups in total. The molecule has 4 aromatic rings. The highest BCUT2D eigenvalue weighted by Crippen LogP contribution is 2.27. The van der Waals surface area contributed by atoms with Gasteiger partial charge < -0.3 is 9.47 Å². The Hall–Kier alpha value is -4.19. The molecule has 4 rings (SSSR count). The van der Waals surface area contributed by atoms with Crippen LogP contribution in [0.15, 0.2) is 90.0 Å². The molecule has 0 saturated carbocycles. The number of rotatable bonds is 7. The predicted octanol–water partition coefficient (Wildman–Crippen LogP) is 5.30. The number of benzene rings is 3. The first-order valence-corrected chi connectivity index (χ1v) is 10.2. The molecule has 0 saturated heterocycles. The van der Waals surface area contributed by atoms with Crippen molar-refractivity contribution in [1.82, 2.24) is 9.97 Å². The van der Waals surface area contributed by atoms with Gasteiger partial charge in [0.25, 0.3) is 0 Å². The van der Waals surface area contributed by atoms with E-state index in [9.17, 15) is 0 Å². The van der Waals surface area contributed by atoms with Gasteiger partial charge in [-0.3, -0.25) is 0 Å². The van der Waals surface area contributed by atoms with Crippen molar-refractivity contribution in [2.75, 3.05) is 26.3 Å². The van der Waals surface area contributed by atoms with Gasteiger partial charge in [0.1, 0.15) is 11.5 Å². The van der Waals surface area contributed by atoms with Crippen LogP contribution in [0.25, 0.3) is 22.5 Å². The van der Waals surface area contributed by atoms with Gasteiger partial charge in [-0.05, 0) is 18.2 Å². The average molecular weight is 425 g/mol. The highest BCUT2D eigenvalue weighted by atomic mass is 16.5. The Bertz CT molecular complexity index is 1150. The summed E-state index contributed by atoms with van der Waals surface area (Å²) in [5.74, 6) is 1.89. The minimum Gasteiger partial charge on any atom is -0.497 e. The van der Waals surface area contributed by atoms with E-state index in [1.165, 1.54) is 0 Å². The molecular weight excluding hydrogens is 400 g/mol. The second-order valence-corrected chi connectivity index (χ2v) is 7.05. The Morgan fingerprint density at radius 2 is 1.34 bits per heavy atom. The summed E-state index contributed by atoms with van der Waals surface area (Å²) in [5.41, 5.74) is 4.52. The Morgan fingerprint density at radius 3 is 1.88 bits per heavy atom. The zero-order valence-corrected chi connectivity index (χ0v) is 18.3. The summed E-state index contributed by atoms with van der Waals surface area (Å²) in [6.07, 6.45) is 1.72. The molecule has 0 atom stereocenters. The van der Waals surface area contributed by atoms with Gasteiger partial charge in [-0.1, -0.05) is 60.7 Å².